The van der Waals surface area contributed by atoms with Crippen LogP contribution in [0.5, 0.6) is 0 Å². The Morgan fingerprint density at radius 2 is 2.07 bits per heavy atom. The Morgan fingerprint density at radius 3 is 2.89 bits per heavy atom. The number of benzene rings is 1. The van der Waals surface area contributed by atoms with E-state index in [2.05, 4.69) is 27.3 Å². The number of rotatable bonds is 4. The summed E-state index contributed by atoms with van der Waals surface area (Å²) < 4.78 is 1.65. The molecule has 144 valence electrons. The first kappa shape index (κ1) is 18.4. The Labute approximate surface area is 164 Å². The van der Waals surface area contributed by atoms with Gasteiger partial charge in [0.05, 0.1) is 6.54 Å². The van der Waals surface area contributed by atoms with Crippen LogP contribution in [-0.4, -0.2) is 55.5 Å². The minimum atomic E-state index is 0.0430. The van der Waals surface area contributed by atoms with E-state index in [4.69, 9.17) is 11.6 Å². The summed E-state index contributed by atoms with van der Waals surface area (Å²) in [5, 5.41) is 12.8. The lowest BCUT2D eigenvalue weighted by Gasteiger charge is -2.30. The van der Waals surface area contributed by atoms with Gasteiger partial charge in [0, 0.05) is 18.1 Å². The van der Waals surface area contributed by atoms with Crippen LogP contribution < -0.4 is 0 Å². The third kappa shape index (κ3) is 4.14. The summed E-state index contributed by atoms with van der Waals surface area (Å²) in [6.07, 6.45) is 3.20. The van der Waals surface area contributed by atoms with Crippen molar-refractivity contribution in [3.8, 4) is 0 Å². The van der Waals surface area contributed by atoms with Crippen molar-refractivity contribution in [1.29, 1.82) is 0 Å². The molecule has 1 aromatic carbocycles. The molecule has 8 heteroatoms. The highest BCUT2D eigenvalue weighted by molar-refractivity contribution is 6.31. The predicted molar refractivity (Wildman–Crippen MR) is 102 cm³/mol. The Morgan fingerprint density at radius 1 is 1.26 bits per heavy atom. The van der Waals surface area contributed by atoms with Gasteiger partial charge >= 0.3 is 0 Å². The summed E-state index contributed by atoms with van der Waals surface area (Å²) in [5.41, 5.74) is 2.28. The Balaban J connectivity index is 1.39. The fourth-order valence-corrected chi connectivity index (χ4v) is 4.17. The van der Waals surface area contributed by atoms with Crippen molar-refractivity contribution in [3.63, 3.8) is 0 Å². The number of amides is 1. The molecule has 7 nitrogen and oxygen atoms in total. The molecule has 0 unspecified atom stereocenters. The summed E-state index contributed by atoms with van der Waals surface area (Å²) in [5.74, 6) is 1.59. The van der Waals surface area contributed by atoms with Crippen molar-refractivity contribution >= 4 is 17.5 Å². The average Bonchev–Trinajstić information content (AvgIpc) is 3.10. The minimum absolute atomic E-state index is 0.0430. The van der Waals surface area contributed by atoms with Crippen molar-refractivity contribution in [3.05, 3.63) is 40.2 Å². The van der Waals surface area contributed by atoms with Gasteiger partial charge in [0.1, 0.15) is 6.54 Å². The first-order chi connectivity index (χ1) is 13.1. The zero-order chi connectivity index (χ0) is 18.8. The topological polar surface area (TPSA) is 67.2 Å². The lowest BCUT2D eigenvalue weighted by Crippen LogP contribution is -2.39. The molecule has 0 radical (unpaired) electrons. The van der Waals surface area contributed by atoms with E-state index in [0.717, 1.165) is 47.4 Å². The first-order valence-electron chi connectivity index (χ1n) is 9.61. The fraction of sp³-hybridized carbons (Fsp3) is 0.579. The number of hydrogen-bond acceptors (Lipinski definition) is 5. The van der Waals surface area contributed by atoms with Crippen molar-refractivity contribution in [2.24, 2.45) is 5.92 Å². The molecular formula is C19H25ClN6O. The largest absolute Gasteiger partial charge is 0.336 e. The molecule has 1 fully saturated rings. The maximum Gasteiger partial charge on any atom is 0.244 e. The highest BCUT2D eigenvalue weighted by Gasteiger charge is 2.24. The molecule has 0 saturated carbocycles. The number of hydrogen-bond donors (Lipinski definition) is 0. The SMILES string of the molecule is CC1CCN(Cc2nnnn2CC(=O)N2CCc3c(Cl)cccc3C2)CC1. The highest BCUT2D eigenvalue weighted by atomic mass is 35.5. The van der Waals surface area contributed by atoms with E-state index in [0.29, 0.717) is 19.6 Å². The number of fused-ring (bicyclic) bond motifs is 1. The van der Waals surface area contributed by atoms with Crippen LogP contribution in [0.4, 0.5) is 0 Å². The summed E-state index contributed by atoms with van der Waals surface area (Å²) in [6, 6.07) is 5.89. The van der Waals surface area contributed by atoms with Gasteiger partial charge < -0.3 is 4.90 Å². The molecule has 0 aliphatic carbocycles. The number of piperidine rings is 1. The first-order valence-corrected chi connectivity index (χ1v) is 9.99. The number of carbonyl (C=O) groups is 1. The van der Waals surface area contributed by atoms with Crippen molar-refractivity contribution in [2.75, 3.05) is 19.6 Å². The minimum Gasteiger partial charge on any atom is -0.336 e. The maximum atomic E-state index is 12.8. The molecule has 1 saturated heterocycles. The second-order valence-electron chi connectivity index (χ2n) is 7.65. The molecule has 3 heterocycles. The van der Waals surface area contributed by atoms with E-state index in [1.165, 1.54) is 12.8 Å². The molecular weight excluding hydrogens is 364 g/mol. The Hall–Kier alpha value is -1.99. The van der Waals surface area contributed by atoms with E-state index >= 15 is 0 Å². The van der Waals surface area contributed by atoms with Gasteiger partial charge in [-0.2, -0.15) is 0 Å². The molecule has 2 aliphatic heterocycles. The van der Waals surface area contributed by atoms with Crippen molar-refractivity contribution in [1.82, 2.24) is 30.0 Å². The Bertz CT molecular complexity index is 814. The number of carbonyl (C=O) groups excluding carboxylic acids is 1. The van der Waals surface area contributed by atoms with Gasteiger partial charge in [-0.3, -0.25) is 9.69 Å². The molecule has 4 rings (SSSR count). The van der Waals surface area contributed by atoms with Crippen LogP contribution in [0.15, 0.2) is 18.2 Å². The molecule has 1 aromatic heterocycles. The quantitative estimate of drug-likeness (QED) is 0.802. The van der Waals surface area contributed by atoms with Crippen LogP contribution in [0.1, 0.15) is 36.7 Å². The van der Waals surface area contributed by atoms with Gasteiger partial charge in [0.15, 0.2) is 5.82 Å². The monoisotopic (exact) mass is 388 g/mol. The van der Waals surface area contributed by atoms with Crippen LogP contribution >= 0.6 is 11.6 Å². The lowest BCUT2D eigenvalue weighted by atomic mass is 9.99. The molecule has 2 aliphatic rings. The maximum absolute atomic E-state index is 12.8. The number of halogens is 1. The van der Waals surface area contributed by atoms with E-state index in [1.54, 1.807) is 4.68 Å². The third-order valence-electron chi connectivity index (χ3n) is 5.69. The van der Waals surface area contributed by atoms with E-state index in [-0.39, 0.29) is 12.5 Å². The van der Waals surface area contributed by atoms with Gasteiger partial charge in [-0.05, 0) is 65.9 Å². The highest BCUT2D eigenvalue weighted by Crippen LogP contribution is 2.26. The summed E-state index contributed by atoms with van der Waals surface area (Å²) >= 11 is 6.27. The predicted octanol–water partition coefficient (Wildman–Crippen LogP) is 2.14. The second kappa shape index (κ2) is 7.94. The van der Waals surface area contributed by atoms with Crippen LogP contribution in [0.2, 0.25) is 5.02 Å². The second-order valence-corrected chi connectivity index (χ2v) is 8.06. The normalized spacial score (nSPS) is 18.5. The van der Waals surface area contributed by atoms with Crippen LogP contribution in [0.25, 0.3) is 0 Å². The zero-order valence-corrected chi connectivity index (χ0v) is 16.4. The number of likely N-dealkylation sites (tertiary alicyclic amines) is 1. The van der Waals surface area contributed by atoms with Gasteiger partial charge in [-0.15, -0.1) is 5.10 Å². The van der Waals surface area contributed by atoms with E-state index in [9.17, 15) is 4.79 Å². The van der Waals surface area contributed by atoms with Crippen molar-refractivity contribution < 1.29 is 4.79 Å². The van der Waals surface area contributed by atoms with Crippen molar-refractivity contribution in [2.45, 2.75) is 45.8 Å². The molecule has 0 N–H and O–H groups in total. The van der Waals surface area contributed by atoms with Crippen LogP contribution in [0, 0.1) is 5.92 Å². The average molecular weight is 389 g/mol. The fourth-order valence-electron chi connectivity index (χ4n) is 3.88. The van der Waals surface area contributed by atoms with Crippen LogP contribution in [-0.2, 0) is 30.8 Å². The lowest BCUT2D eigenvalue weighted by molar-refractivity contribution is -0.133. The number of tetrazole rings is 1. The molecule has 0 spiro atoms. The zero-order valence-electron chi connectivity index (χ0n) is 15.6. The van der Waals surface area contributed by atoms with E-state index < -0.39 is 0 Å². The van der Waals surface area contributed by atoms with E-state index in [1.807, 2.05) is 23.1 Å². The molecule has 0 atom stereocenters. The molecule has 2 aromatic rings. The summed E-state index contributed by atoms with van der Waals surface area (Å²) in [6.45, 7) is 6.57. The Kier molecular flexibility index (Phi) is 5.41. The number of aromatic nitrogens is 4. The van der Waals surface area contributed by atoms with Crippen LogP contribution in [0.3, 0.4) is 0 Å². The van der Waals surface area contributed by atoms with Gasteiger partial charge in [0.25, 0.3) is 0 Å². The van der Waals surface area contributed by atoms with Gasteiger partial charge in [-0.1, -0.05) is 30.7 Å². The van der Waals surface area contributed by atoms with Gasteiger partial charge in [0.2, 0.25) is 5.91 Å². The third-order valence-corrected chi connectivity index (χ3v) is 6.05. The van der Waals surface area contributed by atoms with Gasteiger partial charge in [-0.25, -0.2) is 4.68 Å². The molecule has 27 heavy (non-hydrogen) atoms. The summed E-state index contributed by atoms with van der Waals surface area (Å²) in [7, 11) is 0. The molecule has 1 amide bonds. The standard InChI is InChI=1S/C19H25ClN6O/c1-14-5-8-24(9-6-14)12-18-21-22-23-26(18)13-19(27)25-10-7-16-15(11-25)3-2-4-17(16)20/h2-4,14H,5-13H2,1H3. The number of nitrogens with zero attached hydrogens (tertiary/aromatic N) is 6. The molecule has 0 bridgehead atoms. The smallest absolute Gasteiger partial charge is 0.244 e. The summed E-state index contributed by atoms with van der Waals surface area (Å²) in [4.78, 5) is 17.0.